The number of hydrogen-bond acceptors (Lipinski definition) is 7. The predicted octanol–water partition coefficient (Wildman–Crippen LogP) is 8.00. The van der Waals surface area contributed by atoms with Crippen LogP contribution in [0.25, 0.3) is 28.1 Å². The van der Waals surface area contributed by atoms with Crippen LogP contribution >= 0.6 is 11.6 Å². The minimum Gasteiger partial charge on any atom is -0.487 e. The molecule has 1 aliphatic rings. The van der Waals surface area contributed by atoms with E-state index in [-0.39, 0.29) is 18.3 Å². The van der Waals surface area contributed by atoms with Gasteiger partial charge in [0.05, 0.1) is 10.5 Å². The summed E-state index contributed by atoms with van der Waals surface area (Å²) in [6.07, 6.45) is 7.06. The number of carbonyl (C=O) groups is 1. The van der Waals surface area contributed by atoms with Gasteiger partial charge in [-0.05, 0) is 83.6 Å². The number of fused-ring (bicyclic) bond motifs is 1. The Labute approximate surface area is 264 Å². The molecule has 5 aromatic rings. The highest BCUT2D eigenvalue weighted by Crippen LogP contribution is 2.32. The monoisotopic (exact) mass is 624 g/mol. The maximum absolute atomic E-state index is 13.5. The van der Waals surface area contributed by atoms with Gasteiger partial charge in [-0.1, -0.05) is 54.1 Å². The molecule has 1 fully saturated rings. The van der Waals surface area contributed by atoms with Crippen molar-refractivity contribution in [2.45, 2.75) is 32.2 Å². The van der Waals surface area contributed by atoms with Gasteiger partial charge in [0, 0.05) is 30.2 Å². The summed E-state index contributed by atoms with van der Waals surface area (Å²) in [5.74, 6) is 0.444. The third kappa shape index (κ3) is 8.02. The summed E-state index contributed by atoms with van der Waals surface area (Å²) >= 11 is 6.51. The predicted molar refractivity (Wildman–Crippen MR) is 172 cm³/mol. The maximum Gasteiger partial charge on any atom is 0.267 e. The molecule has 228 valence electrons. The Morgan fingerprint density at radius 3 is 2.67 bits per heavy atom. The van der Waals surface area contributed by atoms with Gasteiger partial charge in [0.25, 0.3) is 5.91 Å². The number of hydroxylamine groups is 1. The lowest BCUT2D eigenvalue weighted by Gasteiger charge is -2.21. The van der Waals surface area contributed by atoms with Gasteiger partial charge < -0.3 is 14.8 Å². The molecule has 0 saturated carbocycles. The van der Waals surface area contributed by atoms with E-state index in [0.29, 0.717) is 28.8 Å². The maximum atomic E-state index is 13.5. The number of amides is 1. The van der Waals surface area contributed by atoms with Crippen LogP contribution in [0.2, 0.25) is 5.02 Å². The summed E-state index contributed by atoms with van der Waals surface area (Å²) < 4.78 is 24.7. The first-order valence-corrected chi connectivity index (χ1v) is 14.9. The molecular weight excluding hydrogens is 595 g/mol. The van der Waals surface area contributed by atoms with Crippen molar-refractivity contribution < 1.29 is 23.5 Å². The minimum atomic E-state index is -0.393. The van der Waals surface area contributed by atoms with Gasteiger partial charge in [0.15, 0.2) is 6.29 Å². The molecule has 8 nitrogen and oxygen atoms in total. The zero-order valence-corrected chi connectivity index (χ0v) is 25.0. The lowest BCUT2D eigenvalue weighted by Crippen LogP contribution is -2.32. The Hall–Kier alpha value is -4.83. The van der Waals surface area contributed by atoms with Gasteiger partial charge in [0.1, 0.15) is 30.3 Å². The lowest BCUT2D eigenvalue weighted by atomic mass is 10.0. The molecule has 0 spiro atoms. The minimum absolute atomic E-state index is 0.196. The van der Waals surface area contributed by atoms with E-state index in [0.717, 1.165) is 52.5 Å². The highest BCUT2D eigenvalue weighted by atomic mass is 35.5. The van der Waals surface area contributed by atoms with Crippen LogP contribution in [-0.4, -0.2) is 28.8 Å². The Bertz CT molecular complexity index is 1830. The highest BCUT2D eigenvalue weighted by molar-refractivity contribution is 6.32. The van der Waals surface area contributed by atoms with E-state index >= 15 is 0 Å². The normalized spacial score (nSPS) is 14.8. The summed E-state index contributed by atoms with van der Waals surface area (Å²) in [6, 6.07) is 25.4. The number of ether oxygens (including phenoxy) is 2. The van der Waals surface area contributed by atoms with E-state index in [1.54, 1.807) is 30.3 Å². The standard InChI is InChI=1S/C35H30ClFN4O4/c36-30-20-28(13-15-32(30)44-21-24-4-3-5-27(37)18-24)40-35-29-19-26(12-14-31(29)38-22-39-35)25-10-7-23(8-11-25)9-16-33(42)41-45-34-6-1-2-17-43-34/h3-5,7-16,18-20,22,34H,1-2,6,17,21H2,(H,41,42)(H,38,39,40). The Kier molecular flexibility index (Phi) is 9.60. The van der Waals surface area contributed by atoms with Gasteiger partial charge in [-0.25, -0.2) is 24.7 Å². The molecule has 2 N–H and O–H groups in total. The van der Waals surface area contributed by atoms with Crippen molar-refractivity contribution in [2.75, 3.05) is 11.9 Å². The number of anilines is 2. The smallest absolute Gasteiger partial charge is 0.267 e. The second kappa shape index (κ2) is 14.3. The fraction of sp³-hybridized carbons (Fsp3) is 0.171. The number of carbonyl (C=O) groups excluding carboxylic acids is 1. The highest BCUT2D eigenvalue weighted by Gasteiger charge is 2.15. The molecule has 1 aliphatic heterocycles. The molecule has 0 aliphatic carbocycles. The molecule has 45 heavy (non-hydrogen) atoms. The average Bonchev–Trinajstić information content (AvgIpc) is 3.07. The zero-order chi connectivity index (χ0) is 31.0. The molecule has 1 amide bonds. The van der Waals surface area contributed by atoms with E-state index in [2.05, 4.69) is 20.8 Å². The van der Waals surface area contributed by atoms with Crippen LogP contribution in [0, 0.1) is 5.82 Å². The number of rotatable bonds is 10. The number of aromatic nitrogens is 2. The van der Waals surface area contributed by atoms with E-state index in [1.165, 1.54) is 24.5 Å². The summed E-state index contributed by atoms with van der Waals surface area (Å²) in [7, 11) is 0. The second-order valence-electron chi connectivity index (χ2n) is 10.5. The van der Waals surface area contributed by atoms with Crippen LogP contribution < -0.4 is 15.5 Å². The molecule has 2 heterocycles. The molecule has 1 atom stereocenters. The van der Waals surface area contributed by atoms with Crippen LogP contribution in [0.3, 0.4) is 0 Å². The van der Waals surface area contributed by atoms with Gasteiger partial charge in [0.2, 0.25) is 0 Å². The quantitative estimate of drug-likeness (QED) is 0.120. The molecule has 1 unspecified atom stereocenters. The summed E-state index contributed by atoms with van der Waals surface area (Å²) in [6.45, 7) is 0.839. The van der Waals surface area contributed by atoms with Crippen LogP contribution in [0.15, 0.2) is 97.3 Å². The van der Waals surface area contributed by atoms with Crippen molar-refractivity contribution in [3.8, 4) is 16.9 Å². The molecule has 0 radical (unpaired) electrons. The summed E-state index contributed by atoms with van der Waals surface area (Å²) in [5.41, 5.74) is 7.48. The zero-order valence-electron chi connectivity index (χ0n) is 24.2. The number of halogens is 2. The Morgan fingerprint density at radius 2 is 1.87 bits per heavy atom. The molecule has 0 bridgehead atoms. The number of nitrogens with zero attached hydrogens (tertiary/aromatic N) is 2. The summed E-state index contributed by atoms with van der Waals surface area (Å²) in [5, 5.41) is 4.58. The Morgan fingerprint density at radius 1 is 1.00 bits per heavy atom. The first-order chi connectivity index (χ1) is 22.0. The van der Waals surface area contributed by atoms with Gasteiger partial charge in [-0.3, -0.25) is 4.79 Å². The molecular formula is C35H30ClFN4O4. The first kappa shape index (κ1) is 30.2. The van der Waals surface area contributed by atoms with Crippen LogP contribution in [0.4, 0.5) is 15.9 Å². The van der Waals surface area contributed by atoms with Crippen molar-refractivity contribution >= 4 is 46.0 Å². The summed E-state index contributed by atoms with van der Waals surface area (Å²) in [4.78, 5) is 26.4. The largest absolute Gasteiger partial charge is 0.487 e. The van der Waals surface area contributed by atoms with Gasteiger partial charge in [-0.15, -0.1) is 0 Å². The number of nitrogens with one attached hydrogen (secondary N) is 2. The van der Waals surface area contributed by atoms with Gasteiger partial charge >= 0.3 is 0 Å². The first-order valence-electron chi connectivity index (χ1n) is 14.5. The van der Waals surface area contributed by atoms with Crippen LogP contribution in [-0.2, 0) is 21.0 Å². The molecule has 10 heteroatoms. The number of benzene rings is 4. The van der Waals surface area contributed by atoms with E-state index < -0.39 is 6.29 Å². The SMILES string of the molecule is O=C(C=Cc1ccc(-c2ccc3ncnc(Nc4ccc(OCc5cccc(F)c5)c(Cl)c4)c3c2)cc1)NOC1CCCCO1. The second-order valence-corrected chi connectivity index (χ2v) is 10.9. The number of hydrogen-bond donors (Lipinski definition) is 2. The average molecular weight is 625 g/mol. The fourth-order valence-electron chi connectivity index (χ4n) is 4.88. The van der Waals surface area contributed by atoms with E-state index in [1.807, 2.05) is 48.5 Å². The lowest BCUT2D eigenvalue weighted by molar-refractivity contribution is -0.198. The topological polar surface area (TPSA) is 94.6 Å². The fourth-order valence-corrected chi connectivity index (χ4v) is 5.11. The van der Waals surface area contributed by atoms with Crippen molar-refractivity contribution in [1.82, 2.24) is 15.4 Å². The third-order valence-corrected chi connectivity index (χ3v) is 7.51. The van der Waals surface area contributed by atoms with Crippen molar-refractivity contribution in [2.24, 2.45) is 0 Å². The van der Waals surface area contributed by atoms with Crippen LogP contribution in [0.1, 0.15) is 30.4 Å². The van der Waals surface area contributed by atoms with E-state index in [9.17, 15) is 9.18 Å². The van der Waals surface area contributed by atoms with Gasteiger partial charge in [-0.2, -0.15) is 0 Å². The van der Waals surface area contributed by atoms with Crippen molar-refractivity contribution in [1.29, 1.82) is 0 Å². The molecule has 1 aromatic heterocycles. The molecule has 4 aromatic carbocycles. The van der Waals surface area contributed by atoms with Crippen molar-refractivity contribution in [3.05, 3.63) is 119 Å². The third-order valence-electron chi connectivity index (χ3n) is 7.21. The molecule has 1 saturated heterocycles. The van der Waals surface area contributed by atoms with E-state index in [4.69, 9.17) is 25.9 Å². The molecule has 6 rings (SSSR count). The Balaban J connectivity index is 1.11. The van der Waals surface area contributed by atoms with Crippen molar-refractivity contribution in [3.63, 3.8) is 0 Å². The van der Waals surface area contributed by atoms with Crippen LogP contribution in [0.5, 0.6) is 5.75 Å².